The number of carbonyl (C=O) groups is 1. The molecule has 0 radical (unpaired) electrons. The van der Waals surface area contributed by atoms with Crippen LogP contribution < -0.4 is 4.74 Å². The highest BCUT2D eigenvalue weighted by atomic mass is 19.1. The van der Waals surface area contributed by atoms with E-state index in [4.69, 9.17) is 9.84 Å². The molecule has 0 saturated carbocycles. The maximum atomic E-state index is 12.9. The quantitative estimate of drug-likeness (QED) is 0.919. The first-order chi connectivity index (χ1) is 9.08. The van der Waals surface area contributed by atoms with E-state index < -0.39 is 5.97 Å². The highest BCUT2D eigenvalue weighted by Gasteiger charge is 2.11. The number of aromatic nitrogens is 1. The van der Waals surface area contributed by atoms with E-state index in [9.17, 15) is 9.18 Å². The second-order valence-corrected chi connectivity index (χ2v) is 4.01. The van der Waals surface area contributed by atoms with Crippen molar-refractivity contribution in [3.63, 3.8) is 0 Å². The molecule has 0 atom stereocenters. The molecular weight excluding hydrogens is 249 g/mol. The van der Waals surface area contributed by atoms with Crippen molar-refractivity contribution in [2.24, 2.45) is 0 Å². The molecule has 1 N–H and O–H groups in total. The molecule has 98 valence electrons. The topological polar surface area (TPSA) is 59.4 Å². The molecule has 2 aromatic rings. The van der Waals surface area contributed by atoms with E-state index in [1.54, 1.807) is 19.1 Å². The monoisotopic (exact) mass is 261 g/mol. The van der Waals surface area contributed by atoms with Crippen LogP contribution in [-0.2, 0) is 6.61 Å². The van der Waals surface area contributed by atoms with Crippen LogP contribution in [0.25, 0.3) is 0 Å². The average Bonchev–Trinajstić information content (AvgIpc) is 2.38. The van der Waals surface area contributed by atoms with Crippen molar-refractivity contribution < 1.29 is 19.0 Å². The van der Waals surface area contributed by atoms with Gasteiger partial charge in [0, 0.05) is 11.8 Å². The number of aromatic carboxylic acids is 1. The van der Waals surface area contributed by atoms with Crippen LogP contribution in [0.3, 0.4) is 0 Å². The van der Waals surface area contributed by atoms with Crippen LogP contribution in [0.15, 0.2) is 36.5 Å². The molecule has 1 aromatic carbocycles. The zero-order chi connectivity index (χ0) is 13.8. The Morgan fingerprint density at radius 1 is 1.42 bits per heavy atom. The molecule has 19 heavy (non-hydrogen) atoms. The molecule has 4 nitrogen and oxygen atoms in total. The fourth-order valence-corrected chi connectivity index (χ4v) is 1.68. The van der Waals surface area contributed by atoms with Gasteiger partial charge >= 0.3 is 5.97 Å². The SMILES string of the molecule is Cc1cc(F)ccc1OCc1cccnc1C(=O)O. The molecule has 0 spiro atoms. The lowest BCUT2D eigenvalue weighted by molar-refractivity contribution is 0.0687. The summed E-state index contributed by atoms with van der Waals surface area (Å²) in [5.41, 5.74) is 1.08. The standard InChI is InChI=1S/C14H12FNO3/c1-9-7-11(15)4-5-12(9)19-8-10-3-2-6-16-13(10)14(17)18/h2-7H,8H2,1H3,(H,17,18). The van der Waals surface area contributed by atoms with Crippen LogP contribution in [0, 0.1) is 12.7 Å². The Kier molecular flexibility index (Phi) is 3.75. The van der Waals surface area contributed by atoms with Crippen molar-refractivity contribution in [1.29, 1.82) is 0 Å². The maximum Gasteiger partial charge on any atom is 0.354 e. The van der Waals surface area contributed by atoms with E-state index in [0.29, 0.717) is 16.9 Å². The van der Waals surface area contributed by atoms with E-state index in [1.165, 1.54) is 24.4 Å². The molecule has 0 bridgehead atoms. The highest BCUT2D eigenvalue weighted by Crippen LogP contribution is 2.20. The van der Waals surface area contributed by atoms with Gasteiger partial charge in [0.2, 0.25) is 0 Å². The minimum absolute atomic E-state index is 0.0396. The first kappa shape index (κ1) is 13.0. The zero-order valence-electron chi connectivity index (χ0n) is 10.3. The number of carboxylic acids is 1. The third-order valence-electron chi connectivity index (χ3n) is 2.61. The molecule has 2 rings (SSSR count). The summed E-state index contributed by atoms with van der Waals surface area (Å²) in [6.07, 6.45) is 1.41. The molecule has 0 aliphatic rings. The average molecular weight is 261 g/mol. The van der Waals surface area contributed by atoms with E-state index >= 15 is 0 Å². The van der Waals surface area contributed by atoms with Crippen LogP contribution in [0.1, 0.15) is 21.6 Å². The maximum absolute atomic E-state index is 12.9. The fraction of sp³-hybridized carbons (Fsp3) is 0.143. The van der Waals surface area contributed by atoms with Gasteiger partial charge in [0.15, 0.2) is 5.69 Å². The van der Waals surface area contributed by atoms with Gasteiger partial charge < -0.3 is 9.84 Å². The minimum atomic E-state index is -1.10. The normalized spacial score (nSPS) is 10.2. The number of halogens is 1. The lowest BCUT2D eigenvalue weighted by atomic mass is 10.2. The third kappa shape index (κ3) is 3.07. The molecule has 0 aliphatic carbocycles. The van der Waals surface area contributed by atoms with Crippen molar-refractivity contribution in [1.82, 2.24) is 4.98 Å². The molecule has 1 aromatic heterocycles. The van der Waals surface area contributed by atoms with Crippen LogP contribution in [-0.4, -0.2) is 16.1 Å². The van der Waals surface area contributed by atoms with Gasteiger partial charge in [0.05, 0.1) is 0 Å². The van der Waals surface area contributed by atoms with Gasteiger partial charge in [-0.05, 0) is 36.8 Å². The number of aryl methyl sites for hydroxylation is 1. The Hall–Kier alpha value is -2.43. The zero-order valence-corrected chi connectivity index (χ0v) is 10.3. The Balaban J connectivity index is 2.17. The molecule has 0 saturated heterocycles. The lowest BCUT2D eigenvalue weighted by Crippen LogP contribution is -2.08. The number of benzene rings is 1. The Bertz CT molecular complexity index is 613. The van der Waals surface area contributed by atoms with E-state index in [0.717, 1.165) is 0 Å². The second-order valence-electron chi connectivity index (χ2n) is 4.01. The van der Waals surface area contributed by atoms with E-state index in [-0.39, 0.29) is 18.1 Å². The lowest BCUT2D eigenvalue weighted by Gasteiger charge is -2.10. The summed E-state index contributed by atoms with van der Waals surface area (Å²) in [6.45, 7) is 1.79. The Morgan fingerprint density at radius 2 is 2.21 bits per heavy atom. The largest absolute Gasteiger partial charge is 0.489 e. The molecule has 5 heteroatoms. The van der Waals surface area contributed by atoms with Crippen molar-refractivity contribution in [2.45, 2.75) is 13.5 Å². The van der Waals surface area contributed by atoms with Gasteiger partial charge in [-0.15, -0.1) is 0 Å². The summed E-state index contributed by atoms with van der Waals surface area (Å²) in [6, 6.07) is 7.44. The molecule has 0 amide bonds. The molecular formula is C14H12FNO3. The van der Waals surface area contributed by atoms with Gasteiger partial charge in [-0.3, -0.25) is 0 Å². The molecule has 0 fully saturated rings. The molecule has 1 heterocycles. The summed E-state index contributed by atoms with van der Waals surface area (Å²) >= 11 is 0. The number of ether oxygens (including phenoxy) is 1. The first-order valence-corrected chi connectivity index (χ1v) is 5.64. The summed E-state index contributed by atoms with van der Waals surface area (Å²) in [5.74, 6) is -0.922. The number of hydrogen-bond acceptors (Lipinski definition) is 3. The van der Waals surface area contributed by atoms with Crippen molar-refractivity contribution in [3.05, 3.63) is 59.2 Å². The Morgan fingerprint density at radius 3 is 2.89 bits per heavy atom. The summed E-state index contributed by atoms with van der Waals surface area (Å²) in [4.78, 5) is 14.8. The highest BCUT2D eigenvalue weighted by molar-refractivity contribution is 5.86. The predicted octanol–water partition coefficient (Wildman–Crippen LogP) is 2.81. The van der Waals surface area contributed by atoms with Crippen molar-refractivity contribution in [3.8, 4) is 5.75 Å². The van der Waals surface area contributed by atoms with Crippen LogP contribution in [0.4, 0.5) is 4.39 Å². The Labute approximate surface area is 109 Å². The van der Waals surface area contributed by atoms with Crippen LogP contribution in [0.2, 0.25) is 0 Å². The van der Waals surface area contributed by atoms with Gasteiger partial charge in [0.25, 0.3) is 0 Å². The third-order valence-corrected chi connectivity index (χ3v) is 2.61. The van der Waals surface area contributed by atoms with E-state index in [2.05, 4.69) is 4.98 Å². The number of pyridine rings is 1. The van der Waals surface area contributed by atoms with Crippen LogP contribution >= 0.6 is 0 Å². The summed E-state index contributed by atoms with van der Waals surface area (Å²) in [7, 11) is 0. The number of nitrogens with zero attached hydrogens (tertiary/aromatic N) is 1. The van der Waals surface area contributed by atoms with Crippen LogP contribution in [0.5, 0.6) is 5.75 Å². The minimum Gasteiger partial charge on any atom is -0.489 e. The van der Waals surface area contributed by atoms with Gasteiger partial charge in [-0.25, -0.2) is 14.2 Å². The molecule has 0 unspecified atom stereocenters. The molecule has 0 aliphatic heterocycles. The van der Waals surface area contributed by atoms with E-state index in [1.807, 2.05) is 0 Å². The predicted molar refractivity (Wildman–Crippen MR) is 66.7 cm³/mol. The number of rotatable bonds is 4. The van der Waals surface area contributed by atoms with Gasteiger partial charge in [-0.1, -0.05) is 6.07 Å². The number of hydrogen-bond donors (Lipinski definition) is 1. The van der Waals surface area contributed by atoms with Crippen molar-refractivity contribution >= 4 is 5.97 Å². The summed E-state index contributed by atoms with van der Waals surface area (Å²) < 4.78 is 18.4. The number of carboxylic acid groups (broad SMARTS) is 1. The van der Waals surface area contributed by atoms with Crippen molar-refractivity contribution in [2.75, 3.05) is 0 Å². The fourth-order valence-electron chi connectivity index (χ4n) is 1.68. The smallest absolute Gasteiger partial charge is 0.354 e. The van der Waals surface area contributed by atoms with Gasteiger partial charge in [0.1, 0.15) is 18.2 Å². The van der Waals surface area contributed by atoms with Gasteiger partial charge in [-0.2, -0.15) is 0 Å². The summed E-state index contributed by atoms with van der Waals surface area (Å²) in [5, 5.41) is 8.99. The first-order valence-electron chi connectivity index (χ1n) is 5.64. The second kappa shape index (κ2) is 5.48.